The van der Waals surface area contributed by atoms with Crippen LogP contribution in [0.4, 0.5) is 59.7 Å². The van der Waals surface area contributed by atoms with Gasteiger partial charge in [0, 0.05) is 29.1 Å². The highest BCUT2D eigenvalue weighted by Gasteiger charge is 2.73. The number of nitrogens with zero attached hydrogens (tertiary/aromatic N) is 2. The van der Waals surface area contributed by atoms with Crippen LogP contribution in [0.2, 0.25) is 0 Å². The van der Waals surface area contributed by atoms with Gasteiger partial charge >= 0.3 is 24.2 Å². The van der Waals surface area contributed by atoms with Gasteiger partial charge in [0.15, 0.2) is 17.3 Å². The average Bonchev–Trinajstić information content (AvgIpc) is 2.90. The number of halogens is 12. The number of carbonyl (C=O) groups is 2. The third kappa shape index (κ3) is 6.36. The summed E-state index contributed by atoms with van der Waals surface area (Å²) in [5, 5.41) is 0. The van der Waals surface area contributed by atoms with E-state index in [-0.39, 0.29) is 17.3 Å². The lowest BCUT2D eigenvalue weighted by atomic mass is 9.89. The third-order valence-corrected chi connectivity index (χ3v) is 6.91. The fraction of sp³-hybridized carbons (Fsp3) is 0.222. The molecule has 16 heteroatoms. The summed E-state index contributed by atoms with van der Waals surface area (Å²) in [6.07, 6.45) is -20.5. The van der Waals surface area contributed by atoms with Crippen molar-refractivity contribution < 1.29 is 57.9 Å². The van der Waals surface area contributed by atoms with Gasteiger partial charge < -0.3 is 4.90 Å². The van der Waals surface area contributed by atoms with Gasteiger partial charge in [0.05, 0.1) is 23.4 Å². The molecule has 4 nitrogen and oxygen atoms in total. The number of hydrogen-bond acceptors (Lipinski definition) is 2. The number of anilines is 1. The standard InChI is InChI=1S/C27H14BrF11N2O2/c1-40-15-8-6-13(7-9-15)23(43)41(2)20-5-3-4-16(22(20)29)21(42)12-17-18(25(31,32)33)10-14(11-19(17)28)24(30,26(34,35)36)27(37,38)39/h3-11H,12H2,2H3. The summed E-state index contributed by atoms with van der Waals surface area (Å²) in [6, 6.07) is 7.22. The highest BCUT2D eigenvalue weighted by molar-refractivity contribution is 9.10. The number of ketones is 1. The van der Waals surface area contributed by atoms with Crippen LogP contribution in [-0.2, 0) is 18.3 Å². The predicted molar refractivity (Wildman–Crippen MR) is 134 cm³/mol. The van der Waals surface area contributed by atoms with Gasteiger partial charge in [-0.25, -0.2) is 13.6 Å². The van der Waals surface area contributed by atoms with Crippen molar-refractivity contribution in [2.45, 2.75) is 30.6 Å². The van der Waals surface area contributed by atoms with E-state index in [4.69, 9.17) is 6.57 Å². The number of hydrogen-bond donors (Lipinski definition) is 0. The maximum Gasteiger partial charge on any atom is 0.435 e. The van der Waals surface area contributed by atoms with E-state index in [2.05, 4.69) is 20.8 Å². The summed E-state index contributed by atoms with van der Waals surface area (Å²) in [6.45, 7) is 6.94. The quantitative estimate of drug-likeness (QED) is 0.147. The molecular formula is C27H14BrF11N2O2. The summed E-state index contributed by atoms with van der Waals surface area (Å²) >= 11 is 2.41. The molecule has 0 saturated heterocycles. The van der Waals surface area contributed by atoms with E-state index in [0.29, 0.717) is 0 Å². The van der Waals surface area contributed by atoms with Crippen LogP contribution in [-0.4, -0.2) is 31.1 Å². The summed E-state index contributed by atoms with van der Waals surface area (Å²) < 4.78 is 150. The summed E-state index contributed by atoms with van der Waals surface area (Å²) in [7, 11) is 1.11. The molecule has 3 rings (SSSR count). The Balaban J connectivity index is 2.06. The minimum absolute atomic E-state index is 0.00604. The summed E-state index contributed by atoms with van der Waals surface area (Å²) in [5.41, 5.74) is -13.2. The molecule has 0 atom stereocenters. The molecule has 0 unspecified atom stereocenters. The Bertz CT molecular complexity index is 1590. The smallest absolute Gasteiger partial charge is 0.309 e. The van der Waals surface area contributed by atoms with Gasteiger partial charge in [-0.3, -0.25) is 9.59 Å². The first-order valence-electron chi connectivity index (χ1n) is 11.4. The Morgan fingerprint density at radius 1 is 0.884 bits per heavy atom. The normalized spacial score (nSPS) is 12.6. The van der Waals surface area contributed by atoms with E-state index < -0.39 is 86.6 Å². The van der Waals surface area contributed by atoms with Crippen molar-refractivity contribution >= 4 is 39.0 Å². The summed E-state index contributed by atoms with van der Waals surface area (Å²) in [4.78, 5) is 29.7. The van der Waals surface area contributed by atoms with E-state index in [9.17, 15) is 53.5 Å². The zero-order valence-electron chi connectivity index (χ0n) is 21.1. The van der Waals surface area contributed by atoms with Crippen molar-refractivity contribution in [3.8, 4) is 0 Å². The maximum atomic E-state index is 15.4. The zero-order chi connectivity index (χ0) is 32.7. The van der Waals surface area contributed by atoms with Crippen molar-refractivity contribution in [1.29, 1.82) is 0 Å². The zero-order valence-corrected chi connectivity index (χ0v) is 22.7. The molecule has 0 bridgehead atoms. The molecule has 0 N–H and O–H groups in total. The van der Waals surface area contributed by atoms with Crippen LogP contribution >= 0.6 is 15.9 Å². The molecule has 43 heavy (non-hydrogen) atoms. The molecule has 0 aliphatic carbocycles. The topological polar surface area (TPSA) is 41.7 Å². The van der Waals surface area contributed by atoms with Crippen molar-refractivity contribution in [2.75, 3.05) is 11.9 Å². The van der Waals surface area contributed by atoms with Crippen molar-refractivity contribution in [3.63, 3.8) is 0 Å². The SMILES string of the molecule is [C-]#[N+]c1ccc(C(=O)N(C)c2cccc(C(=O)Cc3c(Br)cc(C(F)(C(F)(F)F)C(F)(F)F)cc3C(F)(F)F)c2F)cc1. The molecule has 228 valence electrons. The Labute approximate surface area is 243 Å². The van der Waals surface area contributed by atoms with E-state index >= 15 is 4.39 Å². The molecule has 0 heterocycles. The van der Waals surface area contributed by atoms with Crippen LogP contribution < -0.4 is 4.90 Å². The van der Waals surface area contributed by atoms with Crippen LogP contribution in [0.15, 0.2) is 59.1 Å². The van der Waals surface area contributed by atoms with E-state index in [1.54, 1.807) is 0 Å². The molecule has 1 amide bonds. The Morgan fingerprint density at radius 2 is 1.44 bits per heavy atom. The second-order valence-corrected chi connectivity index (χ2v) is 9.75. The minimum atomic E-state index is -6.71. The molecule has 0 aliphatic heterocycles. The molecule has 0 fully saturated rings. The minimum Gasteiger partial charge on any atom is -0.309 e. The van der Waals surface area contributed by atoms with E-state index in [1.807, 2.05) is 0 Å². The number of alkyl halides is 10. The van der Waals surface area contributed by atoms with Gasteiger partial charge in [-0.2, -0.15) is 39.5 Å². The lowest BCUT2D eigenvalue weighted by Gasteiger charge is -2.31. The number of amides is 1. The molecule has 0 saturated carbocycles. The van der Waals surface area contributed by atoms with Crippen LogP contribution in [0.5, 0.6) is 0 Å². The lowest BCUT2D eigenvalue weighted by Crippen LogP contribution is -2.50. The highest BCUT2D eigenvalue weighted by atomic mass is 79.9. The average molecular weight is 687 g/mol. The highest BCUT2D eigenvalue weighted by Crippen LogP contribution is 2.54. The van der Waals surface area contributed by atoms with Gasteiger partial charge in [-0.05, 0) is 29.8 Å². The molecule has 0 aliphatic rings. The van der Waals surface area contributed by atoms with E-state index in [0.717, 1.165) is 30.1 Å². The van der Waals surface area contributed by atoms with E-state index in [1.165, 1.54) is 24.3 Å². The molecule has 0 spiro atoms. The van der Waals surface area contributed by atoms with Gasteiger partial charge in [-0.15, -0.1) is 0 Å². The Kier molecular flexibility index (Phi) is 9.03. The lowest BCUT2D eigenvalue weighted by molar-refractivity contribution is -0.348. The second-order valence-electron chi connectivity index (χ2n) is 8.90. The predicted octanol–water partition coefficient (Wildman–Crippen LogP) is 9.15. The number of benzene rings is 3. The largest absolute Gasteiger partial charge is 0.435 e. The fourth-order valence-corrected chi connectivity index (χ4v) is 4.59. The van der Waals surface area contributed by atoms with Gasteiger partial charge in [0.1, 0.15) is 0 Å². The number of Topliss-reactive ketones (excluding diaryl/α,β-unsaturated/α-hetero) is 1. The first-order valence-corrected chi connectivity index (χ1v) is 12.2. The molecule has 3 aromatic rings. The fourth-order valence-electron chi connectivity index (χ4n) is 3.99. The molecule has 0 radical (unpaired) electrons. The van der Waals surface area contributed by atoms with Crippen molar-refractivity contribution in [2.24, 2.45) is 0 Å². The van der Waals surface area contributed by atoms with Crippen LogP contribution in [0, 0.1) is 12.4 Å². The van der Waals surface area contributed by atoms with Crippen LogP contribution in [0.25, 0.3) is 4.85 Å². The third-order valence-electron chi connectivity index (χ3n) is 6.21. The number of carbonyl (C=O) groups excluding carboxylic acids is 2. The molecule has 0 aromatic heterocycles. The van der Waals surface area contributed by atoms with Crippen molar-refractivity contribution in [1.82, 2.24) is 0 Å². The maximum absolute atomic E-state index is 15.4. The summed E-state index contributed by atoms with van der Waals surface area (Å²) in [5.74, 6) is -3.58. The number of rotatable bonds is 6. The Hall–Kier alpha value is -4.00. The van der Waals surface area contributed by atoms with Crippen molar-refractivity contribution in [3.05, 3.63) is 104 Å². The first-order chi connectivity index (χ1) is 19.6. The second kappa shape index (κ2) is 11.6. The van der Waals surface area contributed by atoms with Gasteiger partial charge in [0.2, 0.25) is 0 Å². The van der Waals surface area contributed by atoms with Gasteiger partial charge in [-0.1, -0.05) is 46.3 Å². The van der Waals surface area contributed by atoms with Crippen LogP contribution in [0.3, 0.4) is 0 Å². The first kappa shape index (κ1) is 33.5. The molecule has 3 aromatic carbocycles. The van der Waals surface area contributed by atoms with Gasteiger partial charge in [0.25, 0.3) is 5.91 Å². The molecular weight excluding hydrogens is 673 g/mol. The Morgan fingerprint density at radius 3 is 1.93 bits per heavy atom. The monoisotopic (exact) mass is 686 g/mol. The van der Waals surface area contributed by atoms with Crippen LogP contribution in [0.1, 0.15) is 37.4 Å².